The molecule has 0 saturated heterocycles. The summed E-state index contributed by atoms with van der Waals surface area (Å²) in [5.74, 6) is 0. The Balaban J connectivity index is 2.80. The fourth-order valence-electron chi connectivity index (χ4n) is 1.12. The number of nitrogens with one attached hydrogen (secondary N) is 1. The number of rotatable bonds is 3. The monoisotopic (exact) mass is 179 g/mol. The van der Waals surface area contributed by atoms with Gasteiger partial charge in [0.25, 0.3) is 0 Å². The number of allylic oxidation sites excluding steroid dienone is 4. The first-order valence-corrected chi connectivity index (χ1v) is 3.98. The minimum Gasteiger partial charge on any atom is -0.504 e. The third-order valence-corrected chi connectivity index (χ3v) is 1.73. The van der Waals surface area contributed by atoms with E-state index in [-0.39, 0.29) is 0 Å². The Morgan fingerprint density at radius 3 is 2.85 bits per heavy atom. The van der Waals surface area contributed by atoms with Gasteiger partial charge in [-0.1, -0.05) is 12.2 Å². The van der Waals surface area contributed by atoms with Crippen LogP contribution in [0.2, 0.25) is 0 Å². The largest absolute Gasteiger partial charge is 0.504 e. The van der Waals surface area contributed by atoms with Crippen molar-refractivity contribution in [3.8, 4) is 0 Å². The lowest BCUT2D eigenvalue weighted by Crippen LogP contribution is -2.11. The van der Waals surface area contributed by atoms with Gasteiger partial charge < -0.3 is 9.47 Å². The second-order valence-electron chi connectivity index (χ2n) is 2.67. The van der Waals surface area contributed by atoms with Gasteiger partial charge in [-0.15, -0.1) is 0 Å². The molecule has 70 valence electrons. The highest BCUT2D eigenvalue weighted by molar-refractivity contribution is 6.13. The van der Waals surface area contributed by atoms with E-state index in [2.05, 4.69) is 0 Å². The van der Waals surface area contributed by atoms with E-state index in [0.717, 1.165) is 11.1 Å². The summed E-state index contributed by atoms with van der Waals surface area (Å²) in [4.78, 5) is 0. The minimum absolute atomic E-state index is 0.463. The highest BCUT2D eigenvalue weighted by Crippen LogP contribution is 2.14. The van der Waals surface area contributed by atoms with E-state index >= 15 is 0 Å². The van der Waals surface area contributed by atoms with Gasteiger partial charge in [-0.25, -0.2) is 0 Å². The molecule has 0 aromatic rings. The maximum absolute atomic E-state index is 7.76. The SMILES string of the molecule is CO/C=C1\C=CC=C(COC)C1=N. The molecule has 0 spiro atoms. The van der Waals surface area contributed by atoms with Crippen molar-refractivity contribution in [2.45, 2.75) is 0 Å². The van der Waals surface area contributed by atoms with E-state index in [9.17, 15) is 0 Å². The summed E-state index contributed by atoms with van der Waals surface area (Å²) in [5, 5.41) is 7.76. The lowest BCUT2D eigenvalue weighted by atomic mass is 9.99. The van der Waals surface area contributed by atoms with E-state index in [1.807, 2.05) is 18.2 Å². The van der Waals surface area contributed by atoms with E-state index in [0.29, 0.717) is 12.3 Å². The summed E-state index contributed by atoms with van der Waals surface area (Å²) >= 11 is 0. The third kappa shape index (κ3) is 2.29. The Kier molecular flexibility index (Phi) is 3.46. The average molecular weight is 179 g/mol. The molecule has 0 aromatic carbocycles. The molecule has 0 unspecified atom stereocenters. The number of methoxy groups -OCH3 is 2. The fourth-order valence-corrected chi connectivity index (χ4v) is 1.12. The van der Waals surface area contributed by atoms with Crippen LogP contribution in [-0.4, -0.2) is 26.5 Å². The average Bonchev–Trinajstić information content (AvgIpc) is 2.13. The lowest BCUT2D eigenvalue weighted by molar-refractivity contribution is 0.229. The predicted octanol–water partition coefficient (Wildman–Crippen LogP) is 1.68. The normalized spacial score (nSPS) is 19.1. The van der Waals surface area contributed by atoms with Crippen LogP contribution in [0, 0.1) is 5.41 Å². The van der Waals surface area contributed by atoms with E-state index in [1.165, 1.54) is 0 Å². The molecule has 0 amide bonds. The summed E-state index contributed by atoms with van der Waals surface area (Å²) in [5.41, 5.74) is 2.11. The van der Waals surface area contributed by atoms with Crippen molar-refractivity contribution in [2.24, 2.45) is 0 Å². The van der Waals surface area contributed by atoms with Crippen LogP contribution in [0.4, 0.5) is 0 Å². The Labute approximate surface area is 77.9 Å². The predicted molar refractivity (Wildman–Crippen MR) is 51.9 cm³/mol. The number of hydrogen-bond acceptors (Lipinski definition) is 3. The van der Waals surface area contributed by atoms with Gasteiger partial charge in [0.1, 0.15) is 0 Å². The van der Waals surface area contributed by atoms with Crippen LogP contribution in [0.25, 0.3) is 0 Å². The first-order valence-electron chi connectivity index (χ1n) is 3.98. The van der Waals surface area contributed by atoms with Crippen LogP contribution in [0.1, 0.15) is 0 Å². The van der Waals surface area contributed by atoms with Crippen molar-refractivity contribution in [1.29, 1.82) is 5.41 Å². The first-order chi connectivity index (χ1) is 6.29. The van der Waals surface area contributed by atoms with Crippen molar-refractivity contribution in [3.05, 3.63) is 35.6 Å². The van der Waals surface area contributed by atoms with Crippen LogP contribution in [0.5, 0.6) is 0 Å². The highest BCUT2D eigenvalue weighted by atomic mass is 16.5. The van der Waals surface area contributed by atoms with Gasteiger partial charge in [0.2, 0.25) is 0 Å². The summed E-state index contributed by atoms with van der Waals surface area (Å²) in [6.45, 7) is 0.463. The Hall–Kier alpha value is -1.35. The van der Waals surface area contributed by atoms with Gasteiger partial charge in [-0.2, -0.15) is 0 Å². The first kappa shape index (κ1) is 9.74. The van der Waals surface area contributed by atoms with Crippen LogP contribution >= 0.6 is 0 Å². The zero-order valence-electron chi connectivity index (χ0n) is 7.83. The van der Waals surface area contributed by atoms with Crippen molar-refractivity contribution < 1.29 is 9.47 Å². The van der Waals surface area contributed by atoms with E-state index in [4.69, 9.17) is 14.9 Å². The molecule has 0 fully saturated rings. The smallest absolute Gasteiger partial charge is 0.0918 e. The zero-order valence-corrected chi connectivity index (χ0v) is 7.83. The molecule has 0 heterocycles. The quantitative estimate of drug-likeness (QED) is 0.670. The summed E-state index contributed by atoms with van der Waals surface area (Å²) in [7, 11) is 3.19. The maximum Gasteiger partial charge on any atom is 0.0918 e. The molecule has 13 heavy (non-hydrogen) atoms. The van der Waals surface area contributed by atoms with Crippen molar-refractivity contribution in [3.63, 3.8) is 0 Å². The van der Waals surface area contributed by atoms with Crippen LogP contribution in [0.3, 0.4) is 0 Å². The molecule has 0 bridgehead atoms. The van der Waals surface area contributed by atoms with Gasteiger partial charge in [-0.3, -0.25) is 5.41 Å². The fraction of sp³-hybridized carbons (Fsp3) is 0.300. The lowest BCUT2D eigenvalue weighted by Gasteiger charge is -2.11. The molecule has 0 atom stereocenters. The molecule has 0 radical (unpaired) electrons. The van der Waals surface area contributed by atoms with Crippen LogP contribution < -0.4 is 0 Å². The molecule has 1 aliphatic carbocycles. The summed E-state index contributed by atoms with van der Waals surface area (Å²) in [6.07, 6.45) is 7.16. The summed E-state index contributed by atoms with van der Waals surface area (Å²) < 4.78 is 9.82. The van der Waals surface area contributed by atoms with Crippen molar-refractivity contribution in [1.82, 2.24) is 0 Å². The number of ether oxygens (including phenoxy) is 2. The zero-order chi connectivity index (χ0) is 9.68. The Morgan fingerprint density at radius 2 is 2.23 bits per heavy atom. The topological polar surface area (TPSA) is 42.3 Å². The standard InChI is InChI=1S/C10H13NO2/c1-12-6-8-4-3-5-9(7-13-2)10(8)11/h3-6,11H,7H2,1-2H3/b8-6+,11-10?. The molecular weight excluding hydrogens is 166 g/mol. The maximum atomic E-state index is 7.76. The number of hydrogen-bond donors (Lipinski definition) is 1. The molecular formula is C10H13NO2. The third-order valence-electron chi connectivity index (χ3n) is 1.73. The Bertz CT molecular complexity index is 287. The van der Waals surface area contributed by atoms with Crippen molar-refractivity contribution in [2.75, 3.05) is 20.8 Å². The second-order valence-corrected chi connectivity index (χ2v) is 2.67. The van der Waals surface area contributed by atoms with Gasteiger partial charge >= 0.3 is 0 Å². The molecule has 1 aliphatic rings. The Morgan fingerprint density at radius 1 is 1.46 bits per heavy atom. The van der Waals surface area contributed by atoms with Crippen LogP contribution in [0.15, 0.2) is 35.6 Å². The molecule has 0 saturated carbocycles. The minimum atomic E-state index is 0.463. The highest BCUT2D eigenvalue weighted by Gasteiger charge is 2.11. The second kappa shape index (κ2) is 4.62. The van der Waals surface area contributed by atoms with Gasteiger partial charge in [0.05, 0.1) is 25.7 Å². The van der Waals surface area contributed by atoms with E-state index < -0.39 is 0 Å². The van der Waals surface area contributed by atoms with Crippen LogP contribution in [-0.2, 0) is 9.47 Å². The molecule has 1 rings (SSSR count). The van der Waals surface area contributed by atoms with Gasteiger partial charge in [0, 0.05) is 18.3 Å². The molecule has 3 heteroatoms. The molecule has 1 N–H and O–H groups in total. The van der Waals surface area contributed by atoms with Crippen molar-refractivity contribution >= 4 is 5.71 Å². The van der Waals surface area contributed by atoms with Gasteiger partial charge in [0.15, 0.2) is 0 Å². The molecule has 3 nitrogen and oxygen atoms in total. The summed E-state index contributed by atoms with van der Waals surface area (Å²) in [6, 6.07) is 0. The molecule has 0 aromatic heterocycles. The van der Waals surface area contributed by atoms with Gasteiger partial charge in [-0.05, 0) is 6.08 Å². The molecule has 0 aliphatic heterocycles. The van der Waals surface area contributed by atoms with E-state index in [1.54, 1.807) is 20.5 Å².